The lowest BCUT2D eigenvalue weighted by Gasteiger charge is -2.23. The van der Waals surface area contributed by atoms with Gasteiger partial charge in [0.05, 0.1) is 22.6 Å². The van der Waals surface area contributed by atoms with E-state index in [-0.39, 0.29) is 11.7 Å². The van der Waals surface area contributed by atoms with E-state index in [9.17, 15) is 14.7 Å². The van der Waals surface area contributed by atoms with Gasteiger partial charge in [0, 0.05) is 19.5 Å². The molecule has 2 aromatic carbocycles. The number of hydrogen-bond acceptors (Lipinski definition) is 5. The molecule has 0 aromatic heterocycles. The molecular formula is C31H38N2O4. The normalized spacial score (nSPS) is 13.4. The second kappa shape index (κ2) is 12.4. The topological polar surface area (TPSA) is 78.9 Å². The number of allylic oxidation sites excluding steroid dienone is 5. The summed E-state index contributed by atoms with van der Waals surface area (Å²) in [7, 11) is 0. The first-order valence-corrected chi connectivity index (χ1v) is 12.8. The van der Waals surface area contributed by atoms with Gasteiger partial charge >= 0.3 is 5.97 Å². The molecule has 0 bridgehead atoms. The maximum absolute atomic E-state index is 13.7. The van der Waals surface area contributed by atoms with Crippen LogP contribution in [-0.4, -0.2) is 23.5 Å². The standard InChI is InChI=1S/C31H38N2O4/c1-20(2)10-7-11-21(3)12-8-13-22(4)16-17-33-27-19-25(37-24(6)34)18-23(5)29(27)32-30-26(31(33)36)14-9-15-28(30)35/h9-10,12,14-16,18-19,32,35H,7-8,11,13,17H2,1-6H3/b21-12+,22-16+. The molecule has 0 fully saturated rings. The number of hydrogen-bond donors (Lipinski definition) is 2. The summed E-state index contributed by atoms with van der Waals surface area (Å²) in [6, 6.07) is 8.35. The van der Waals surface area contributed by atoms with E-state index in [4.69, 9.17) is 4.74 Å². The van der Waals surface area contributed by atoms with E-state index >= 15 is 0 Å². The van der Waals surface area contributed by atoms with Crippen LogP contribution in [0.4, 0.5) is 17.1 Å². The molecule has 196 valence electrons. The van der Waals surface area contributed by atoms with Crippen molar-refractivity contribution >= 4 is 28.9 Å². The molecule has 2 N–H and O–H groups in total. The number of esters is 1. The lowest BCUT2D eigenvalue weighted by atomic mass is 10.1. The monoisotopic (exact) mass is 502 g/mol. The van der Waals surface area contributed by atoms with E-state index in [1.807, 2.05) is 6.92 Å². The van der Waals surface area contributed by atoms with Crippen LogP contribution in [0.15, 0.2) is 65.3 Å². The van der Waals surface area contributed by atoms with Crippen LogP contribution in [-0.2, 0) is 4.79 Å². The molecule has 1 amide bonds. The fourth-order valence-corrected chi connectivity index (χ4v) is 4.33. The van der Waals surface area contributed by atoms with Gasteiger partial charge in [-0.1, -0.05) is 41.0 Å². The van der Waals surface area contributed by atoms with Gasteiger partial charge in [-0.25, -0.2) is 0 Å². The largest absolute Gasteiger partial charge is 0.506 e. The molecule has 1 heterocycles. The highest BCUT2D eigenvalue weighted by Crippen LogP contribution is 2.43. The lowest BCUT2D eigenvalue weighted by Crippen LogP contribution is -2.30. The molecule has 0 spiro atoms. The second-order valence-corrected chi connectivity index (χ2v) is 9.93. The van der Waals surface area contributed by atoms with Crippen LogP contribution in [0, 0.1) is 6.92 Å². The number of carbonyl (C=O) groups excluding carboxylic acids is 2. The molecule has 0 aliphatic carbocycles. The zero-order valence-corrected chi connectivity index (χ0v) is 22.8. The molecule has 1 aliphatic heterocycles. The summed E-state index contributed by atoms with van der Waals surface area (Å²) in [5, 5.41) is 13.7. The Morgan fingerprint density at radius 1 is 0.973 bits per heavy atom. The molecule has 0 saturated carbocycles. The van der Waals surface area contributed by atoms with Crippen LogP contribution in [0.5, 0.6) is 11.5 Å². The van der Waals surface area contributed by atoms with Crippen LogP contribution < -0.4 is 15.0 Å². The van der Waals surface area contributed by atoms with Gasteiger partial charge in [0.25, 0.3) is 5.91 Å². The van der Waals surface area contributed by atoms with Crippen LogP contribution in [0.1, 0.15) is 76.2 Å². The third kappa shape index (κ3) is 7.35. The number of fused-ring (bicyclic) bond motifs is 2. The number of anilines is 3. The van der Waals surface area contributed by atoms with Crippen molar-refractivity contribution in [1.29, 1.82) is 0 Å². The Hall–Kier alpha value is -3.80. The number of ether oxygens (including phenoxy) is 1. The quantitative estimate of drug-likeness (QED) is 0.159. The number of para-hydroxylation sites is 1. The van der Waals surface area contributed by atoms with Gasteiger partial charge < -0.3 is 20.1 Å². The minimum absolute atomic E-state index is 0.000537. The zero-order chi connectivity index (χ0) is 27.1. The van der Waals surface area contributed by atoms with Crippen LogP contribution in [0.25, 0.3) is 0 Å². The van der Waals surface area contributed by atoms with Crippen LogP contribution in [0.2, 0.25) is 0 Å². The number of benzene rings is 2. The number of nitrogens with one attached hydrogen (secondary N) is 1. The summed E-state index contributed by atoms with van der Waals surface area (Å²) < 4.78 is 5.35. The Morgan fingerprint density at radius 2 is 1.65 bits per heavy atom. The maximum Gasteiger partial charge on any atom is 0.308 e. The molecule has 0 atom stereocenters. The van der Waals surface area contributed by atoms with E-state index in [2.05, 4.69) is 51.2 Å². The van der Waals surface area contributed by atoms with Gasteiger partial charge in [0.2, 0.25) is 0 Å². The second-order valence-electron chi connectivity index (χ2n) is 9.93. The van der Waals surface area contributed by atoms with Crippen molar-refractivity contribution in [3.8, 4) is 11.5 Å². The molecule has 37 heavy (non-hydrogen) atoms. The van der Waals surface area contributed by atoms with Crippen LogP contribution >= 0.6 is 0 Å². The van der Waals surface area contributed by atoms with Gasteiger partial charge in [-0.05, 0) is 84.1 Å². The minimum atomic E-state index is -0.431. The average molecular weight is 503 g/mol. The molecule has 6 heteroatoms. The van der Waals surface area contributed by atoms with Crippen molar-refractivity contribution in [3.63, 3.8) is 0 Å². The van der Waals surface area contributed by atoms with Gasteiger partial charge in [0.1, 0.15) is 11.5 Å². The molecule has 0 saturated heterocycles. The fourth-order valence-electron chi connectivity index (χ4n) is 4.33. The minimum Gasteiger partial charge on any atom is -0.506 e. The molecule has 0 unspecified atom stereocenters. The number of aromatic hydroxyl groups is 1. The molecule has 1 aliphatic rings. The van der Waals surface area contributed by atoms with E-state index in [1.54, 1.807) is 35.2 Å². The molecule has 6 nitrogen and oxygen atoms in total. The summed E-state index contributed by atoms with van der Waals surface area (Å²) in [4.78, 5) is 27.0. The molecule has 0 radical (unpaired) electrons. The zero-order valence-electron chi connectivity index (χ0n) is 22.8. The fraction of sp³-hybridized carbons (Fsp3) is 0.355. The summed E-state index contributed by atoms with van der Waals surface area (Å²) in [5.74, 6) is -0.302. The lowest BCUT2D eigenvalue weighted by molar-refractivity contribution is -0.131. The number of carbonyl (C=O) groups is 2. The van der Waals surface area contributed by atoms with Crippen molar-refractivity contribution in [1.82, 2.24) is 0 Å². The van der Waals surface area contributed by atoms with Crippen molar-refractivity contribution < 1.29 is 19.4 Å². The molecule has 3 rings (SSSR count). The number of aryl methyl sites for hydroxylation is 1. The Kier molecular flexibility index (Phi) is 9.34. The van der Waals surface area contributed by atoms with E-state index in [1.165, 1.54) is 23.6 Å². The average Bonchev–Trinajstić information content (AvgIpc) is 2.92. The van der Waals surface area contributed by atoms with Crippen molar-refractivity contribution in [2.75, 3.05) is 16.8 Å². The number of amides is 1. The Balaban J connectivity index is 1.86. The van der Waals surface area contributed by atoms with Crippen molar-refractivity contribution in [3.05, 3.63) is 76.4 Å². The van der Waals surface area contributed by atoms with Crippen molar-refractivity contribution in [2.24, 2.45) is 0 Å². The number of rotatable bonds is 9. The van der Waals surface area contributed by atoms with Crippen molar-refractivity contribution in [2.45, 2.75) is 67.2 Å². The van der Waals surface area contributed by atoms with Crippen LogP contribution in [0.3, 0.4) is 0 Å². The highest BCUT2D eigenvalue weighted by Gasteiger charge is 2.29. The summed E-state index contributed by atoms with van der Waals surface area (Å²) in [6.07, 6.45) is 10.6. The molecular weight excluding hydrogens is 464 g/mol. The predicted molar refractivity (Wildman–Crippen MR) is 151 cm³/mol. The smallest absolute Gasteiger partial charge is 0.308 e. The third-order valence-electron chi connectivity index (χ3n) is 6.35. The highest BCUT2D eigenvalue weighted by molar-refractivity contribution is 6.15. The first kappa shape index (κ1) is 27.8. The Labute approximate surface area is 220 Å². The van der Waals surface area contributed by atoms with E-state index < -0.39 is 5.97 Å². The van der Waals surface area contributed by atoms with Gasteiger partial charge in [0.15, 0.2) is 0 Å². The number of phenols is 1. The first-order chi connectivity index (χ1) is 17.6. The van der Waals surface area contributed by atoms with E-state index in [0.717, 1.165) is 31.2 Å². The maximum atomic E-state index is 13.7. The Morgan fingerprint density at radius 3 is 2.32 bits per heavy atom. The summed E-state index contributed by atoms with van der Waals surface area (Å²) in [5.41, 5.74) is 6.74. The molecule has 2 aromatic rings. The summed E-state index contributed by atoms with van der Waals surface area (Å²) in [6.45, 7) is 12.1. The predicted octanol–water partition coefficient (Wildman–Crippen LogP) is 7.75. The highest BCUT2D eigenvalue weighted by atomic mass is 16.5. The summed E-state index contributed by atoms with van der Waals surface area (Å²) >= 11 is 0. The van der Waals surface area contributed by atoms with Gasteiger partial charge in [-0.3, -0.25) is 9.59 Å². The Bertz CT molecular complexity index is 1270. The van der Waals surface area contributed by atoms with Gasteiger partial charge in [-0.15, -0.1) is 0 Å². The first-order valence-electron chi connectivity index (χ1n) is 12.8. The van der Waals surface area contributed by atoms with E-state index in [0.29, 0.717) is 34.9 Å². The number of nitrogens with zero attached hydrogens (tertiary/aromatic N) is 1. The van der Waals surface area contributed by atoms with Gasteiger partial charge in [-0.2, -0.15) is 0 Å². The third-order valence-corrected chi connectivity index (χ3v) is 6.35. The SMILES string of the molecule is CC(=O)Oc1cc(C)c2c(c1)N(C/C=C(\C)CC/C=C(\C)CCC=C(C)C)C(=O)c1cccc(O)c1N2. The number of phenolic OH excluding ortho intramolecular Hbond substituents is 1.